The molecule has 1 atom stereocenters. The van der Waals surface area contributed by atoms with Gasteiger partial charge >= 0.3 is 0 Å². The van der Waals surface area contributed by atoms with E-state index in [0.717, 1.165) is 0 Å². The van der Waals surface area contributed by atoms with Gasteiger partial charge in [0, 0.05) is 23.7 Å². The third-order valence-electron chi connectivity index (χ3n) is 3.69. The predicted octanol–water partition coefficient (Wildman–Crippen LogP) is 4.11. The van der Waals surface area contributed by atoms with Crippen LogP contribution in [0.15, 0.2) is 41.8 Å². The Balaban J connectivity index is 1.83. The van der Waals surface area contributed by atoms with E-state index < -0.39 is 0 Å². The van der Waals surface area contributed by atoms with E-state index >= 15 is 0 Å². The lowest BCUT2D eigenvalue weighted by molar-refractivity contribution is 0.949. The highest BCUT2D eigenvalue weighted by atomic mass is 32.1. The Hall–Kier alpha value is -1.72. The smallest absolute Gasteiger partial charge is 0.0792 e. The van der Waals surface area contributed by atoms with Gasteiger partial charge in [0.2, 0.25) is 0 Å². The maximum absolute atomic E-state index is 5.70. The molecule has 1 nitrogen and oxygen atoms in total. The fourth-order valence-corrected chi connectivity index (χ4v) is 3.46. The average molecular weight is 267 g/mol. The molecular formula is C17H17NS. The van der Waals surface area contributed by atoms with Gasteiger partial charge in [0.1, 0.15) is 0 Å². The van der Waals surface area contributed by atoms with Crippen LogP contribution < -0.4 is 4.90 Å². The summed E-state index contributed by atoms with van der Waals surface area (Å²) in [7, 11) is 0. The molecule has 0 spiro atoms. The lowest BCUT2D eigenvalue weighted by Crippen LogP contribution is -2.17. The molecule has 0 aliphatic carbocycles. The minimum Gasteiger partial charge on any atom is -0.372 e. The first-order valence-electron chi connectivity index (χ1n) is 6.73. The van der Waals surface area contributed by atoms with Crippen molar-refractivity contribution in [3.05, 3.63) is 52.2 Å². The number of thiophene rings is 1. The summed E-state index contributed by atoms with van der Waals surface area (Å²) in [5.41, 5.74) is 2.54. The average Bonchev–Trinajstić information content (AvgIpc) is 3.14. The zero-order chi connectivity index (χ0) is 13.1. The molecule has 2 heteroatoms. The quantitative estimate of drug-likeness (QED) is 0.756. The summed E-state index contributed by atoms with van der Waals surface area (Å²) in [6, 6.07) is 12.9. The monoisotopic (exact) mass is 267 g/mol. The SMILES string of the molecule is C#CC(c1ccc(N2CCCC2)cc1)c1cccs1. The number of hydrogen-bond donors (Lipinski definition) is 0. The van der Waals surface area contributed by atoms with Crippen molar-refractivity contribution < 1.29 is 0 Å². The van der Waals surface area contributed by atoms with E-state index in [1.54, 1.807) is 11.3 Å². The van der Waals surface area contributed by atoms with E-state index in [9.17, 15) is 0 Å². The van der Waals surface area contributed by atoms with Crippen LogP contribution in [-0.4, -0.2) is 13.1 Å². The summed E-state index contributed by atoms with van der Waals surface area (Å²) in [4.78, 5) is 3.69. The number of anilines is 1. The van der Waals surface area contributed by atoms with Gasteiger partial charge in [-0.2, -0.15) is 0 Å². The van der Waals surface area contributed by atoms with Crippen LogP contribution >= 0.6 is 11.3 Å². The minimum absolute atomic E-state index is 0.0904. The van der Waals surface area contributed by atoms with Crippen LogP contribution in [0.1, 0.15) is 29.2 Å². The first-order valence-corrected chi connectivity index (χ1v) is 7.61. The molecule has 0 amide bonds. The van der Waals surface area contributed by atoms with E-state index in [4.69, 9.17) is 6.42 Å². The topological polar surface area (TPSA) is 3.24 Å². The van der Waals surface area contributed by atoms with Crippen LogP contribution in [0.4, 0.5) is 5.69 Å². The molecule has 0 radical (unpaired) electrons. The number of benzene rings is 1. The molecular weight excluding hydrogens is 250 g/mol. The van der Waals surface area contributed by atoms with Crippen molar-refractivity contribution in [3.63, 3.8) is 0 Å². The number of nitrogens with zero attached hydrogens (tertiary/aromatic N) is 1. The van der Waals surface area contributed by atoms with Gasteiger partial charge in [-0.3, -0.25) is 0 Å². The Bertz CT molecular complexity index is 556. The lowest BCUT2D eigenvalue weighted by atomic mass is 9.98. The Morgan fingerprint density at radius 1 is 1.11 bits per heavy atom. The molecule has 1 aromatic carbocycles. The van der Waals surface area contributed by atoms with Crippen LogP contribution in [-0.2, 0) is 0 Å². The molecule has 1 fully saturated rings. The molecule has 3 rings (SSSR count). The van der Waals surface area contributed by atoms with Gasteiger partial charge in [0.15, 0.2) is 0 Å². The van der Waals surface area contributed by atoms with Gasteiger partial charge in [-0.05, 0) is 42.0 Å². The van der Waals surface area contributed by atoms with Gasteiger partial charge in [-0.1, -0.05) is 24.1 Å². The highest BCUT2D eigenvalue weighted by Crippen LogP contribution is 2.29. The summed E-state index contributed by atoms with van der Waals surface area (Å²) < 4.78 is 0. The van der Waals surface area contributed by atoms with Gasteiger partial charge in [-0.25, -0.2) is 0 Å². The maximum Gasteiger partial charge on any atom is 0.0792 e. The van der Waals surface area contributed by atoms with E-state index in [-0.39, 0.29) is 5.92 Å². The Morgan fingerprint density at radius 3 is 2.42 bits per heavy atom. The third kappa shape index (κ3) is 2.52. The van der Waals surface area contributed by atoms with E-state index in [2.05, 4.69) is 52.6 Å². The van der Waals surface area contributed by atoms with Gasteiger partial charge < -0.3 is 4.90 Å². The number of hydrogen-bond acceptors (Lipinski definition) is 2. The Morgan fingerprint density at radius 2 is 1.84 bits per heavy atom. The Labute approximate surface area is 118 Å². The van der Waals surface area contributed by atoms with Crippen LogP contribution in [0.3, 0.4) is 0 Å². The van der Waals surface area contributed by atoms with E-state index in [1.165, 1.54) is 42.1 Å². The number of terminal acetylenes is 1. The van der Waals surface area contributed by atoms with Gasteiger partial charge in [0.25, 0.3) is 0 Å². The standard InChI is InChI=1S/C17H17NS/c1-2-16(17-6-5-13-19-17)14-7-9-15(10-8-14)18-11-3-4-12-18/h1,5-10,13,16H,3-4,11-12H2. The highest BCUT2D eigenvalue weighted by Gasteiger charge is 2.15. The fourth-order valence-electron chi connectivity index (χ4n) is 2.65. The highest BCUT2D eigenvalue weighted by molar-refractivity contribution is 7.10. The largest absolute Gasteiger partial charge is 0.372 e. The predicted molar refractivity (Wildman–Crippen MR) is 82.9 cm³/mol. The molecule has 2 aromatic rings. The lowest BCUT2D eigenvalue weighted by Gasteiger charge is -2.18. The third-order valence-corrected chi connectivity index (χ3v) is 4.63. The molecule has 1 aromatic heterocycles. The molecule has 2 heterocycles. The van der Waals surface area contributed by atoms with Crippen molar-refractivity contribution in [1.29, 1.82) is 0 Å². The molecule has 1 unspecified atom stereocenters. The van der Waals surface area contributed by atoms with Crippen LogP contribution in [0.2, 0.25) is 0 Å². The zero-order valence-electron chi connectivity index (χ0n) is 10.9. The van der Waals surface area contributed by atoms with E-state index in [1.807, 2.05) is 0 Å². The van der Waals surface area contributed by atoms with Crippen LogP contribution in [0, 0.1) is 12.3 Å². The van der Waals surface area contributed by atoms with Crippen molar-refractivity contribution in [2.45, 2.75) is 18.8 Å². The second-order valence-electron chi connectivity index (χ2n) is 4.90. The van der Waals surface area contributed by atoms with E-state index in [0.29, 0.717) is 0 Å². The normalized spacial score (nSPS) is 16.3. The van der Waals surface area contributed by atoms with Crippen molar-refractivity contribution in [1.82, 2.24) is 0 Å². The first kappa shape index (κ1) is 12.3. The summed E-state index contributed by atoms with van der Waals surface area (Å²) in [6.07, 6.45) is 8.32. The molecule has 1 saturated heterocycles. The van der Waals surface area contributed by atoms with Crippen LogP contribution in [0.5, 0.6) is 0 Å². The second kappa shape index (κ2) is 5.50. The van der Waals surface area contributed by atoms with Crippen molar-refractivity contribution >= 4 is 17.0 Å². The Kier molecular flexibility index (Phi) is 3.57. The van der Waals surface area contributed by atoms with Gasteiger partial charge in [0.05, 0.1) is 5.92 Å². The van der Waals surface area contributed by atoms with Crippen LogP contribution in [0.25, 0.3) is 0 Å². The zero-order valence-corrected chi connectivity index (χ0v) is 11.7. The van der Waals surface area contributed by atoms with Crippen molar-refractivity contribution in [2.24, 2.45) is 0 Å². The molecule has 96 valence electrons. The number of rotatable bonds is 3. The van der Waals surface area contributed by atoms with Crippen molar-refractivity contribution in [3.8, 4) is 12.3 Å². The molecule has 0 bridgehead atoms. The summed E-state index contributed by atoms with van der Waals surface area (Å²) in [6.45, 7) is 2.37. The molecule has 0 N–H and O–H groups in total. The minimum atomic E-state index is 0.0904. The maximum atomic E-state index is 5.70. The second-order valence-corrected chi connectivity index (χ2v) is 5.88. The summed E-state index contributed by atoms with van der Waals surface area (Å²) in [5, 5.41) is 2.08. The van der Waals surface area contributed by atoms with Gasteiger partial charge in [-0.15, -0.1) is 17.8 Å². The molecule has 0 saturated carbocycles. The molecule has 19 heavy (non-hydrogen) atoms. The van der Waals surface area contributed by atoms with Crippen molar-refractivity contribution in [2.75, 3.05) is 18.0 Å². The summed E-state index contributed by atoms with van der Waals surface area (Å²) in [5.74, 6) is 3.00. The summed E-state index contributed by atoms with van der Waals surface area (Å²) >= 11 is 1.73. The first-order chi connectivity index (χ1) is 9.38. The molecule has 1 aliphatic heterocycles. The fraction of sp³-hybridized carbons (Fsp3) is 0.294. The molecule has 1 aliphatic rings.